The third kappa shape index (κ3) is 5.00. The minimum absolute atomic E-state index is 0.0667. The van der Waals surface area contributed by atoms with Crippen LogP contribution in [0, 0.1) is 10.1 Å². The summed E-state index contributed by atoms with van der Waals surface area (Å²) in [4.78, 5) is 35.1. The second-order valence-corrected chi connectivity index (χ2v) is 7.82. The molecule has 1 N–H and O–H groups in total. The molecule has 0 unspecified atom stereocenters. The van der Waals surface area contributed by atoms with E-state index in [1.54, 1.807) is 11.4 Å². The Kier molecular flexibility index (Phi) is 6.76. The number of nitrogens with one attached hydrogen (secondary N) is 1. The van der Waals surface area contributed by atoms with Crippen molar-refractivity contribution in [2.24, 2.45) is 0 Å². The van der Waals surface area contributed by atoms with Crippen LogP contribution in [0.15, 0.2) is 64.5 Å². The number of ether oxygens (including phenoxy) is 1. The number of nitro groups is 1. The molecule has 0 spiro atoms. The third-order valence-electron chi connectivity index (χ3n) is 4.08. The van der Waals surface area contributed by atoms with E-state index in [-0.39, 0.29) is 11.3 Å². The SMILES string of the molecule is COC(=O)c1c(-c2ccc(Br)cc2)csc1NC(=O)/C=C/c1cccc([N+](=O)[O-])c1. The van der Waals surface area contributed by atoms with E-state index in [0.717, 1.165) is 10.0 Å². The van der Waals surface area contributed by atoms with Gasteiger partial charge in [0.2, 0.25) is 5.91 Å². The number of benzene rings is 2. The molecule has 3 rings (SSSR count). The first-order valence-electron chi connectivity index (χ1n) is 8.58. The average molecular weight is 487 g/mol. The summed E-state index contributed by atoms with van der Waals surface area (Å²) in [6, 6.07) is 13.3. The molecule has 0 aliphatic heterocycles. The van der Waals surface area contributed by atoms with Crippen molar-refractivity contribution in [2.45, 2.75) is 0 Å². The number of amides is 1. The van der Waals surface area contributed by atoms with Crippen molar-refractivity contribution in [3.05, 3.63) is 85.7 Å². The first kappa shape index (κ1) is 21.4. The van der Waals surface area contributed by atoms with Gasteiger partial charge in [0.25, 0.3) is 5.69 Å². The van der Waals surface area contributed by atoms with Gasteiger partial charge in [0.1, 0.15) is 10.6 Å². The van der Waals surface area contributed by atoms with Crippen LogP contribution in [0.1, 0.15) is 15.9 Å². The van der Waals surface area contributed by atoms with Gasteiger partial charge in [0.05, 0.1) is 12.0 Å². The highest BCUT2D eigenvalue weighted by Gasteiger charge is 2.22. The standard InChI is InChI=1S/C21H15BrN2O5S/c1-29-21(26)19-17(14-6-8-15(22)9-7-14)12-30-20(19)23-18(25)10-5-13-3-2-4-16(11-13)24(27)28/h2-12H,1H3,(H,23,25)/b10-5+. The summed E-state index contributed by atoms with van der Waals surface area (Å²) < 4.78 is 5.80. The summed E-state index contributed by atoms with van der Waals surface area (Å²) in [5.74, 6) is -1.04. The number of hydrogen-bond donors (Lipinski definition) is 1. The molecule has 9 heteroatoms. The maximum absolute atomic E-state index is 12.4. The summed E-state index contributed by atoms with van der Waals surface area (Å²) in [7, 11) is 1.28. The number of non-ortho nitro benzene ring substituents is 1. The minimum atomic E-state index is -0.563. The van der Waals surface area contributed by atoms with Crippen molar-refractivity contribution in [1.29, 1.82) is 0 Å². The van der Waals surface area contributed by atoms with Crippen molar-refractivity contribution in [1.82, 2.24) is 0 Å². The number of hydrogen-bond acceptors (Lipinski definition) is 6. The highest BCUT2D eigenvalue weighted by molar-refractivity contribution is 9.10. The van der Waals surface area contributed by atoms with Crippen LogP contribution < -0.4 is 5.32 Å². The van der Waals surface area contributed by atoms with Gasteiger partial charge < -0.3 is 10.1 Å². The Bertz CT molecular complexity index is 1140. The van der Waals surface area contributed by atoms with Gasteiger partial charge in [0.15, 0.2) is 0 Å². The van der Waals surface area contributed by atoms with Crippen LogP contribution in [-0.4, -0.2) is 23.9 Å². The van der Waals surface area contributed by atoms with E-state index in [9.17, 15) is 19.7 Å². The summed E-state index contributed by atoms with van der Waals surface area (Å²) in [6.45, 7) is 0. The molecule has 7 nitrogen and oxygen atoms in total. The van der Waals surface area contributed by atoms with Crippen LogP contribution in [0.2, 0.25) is 0 Å². The highest BCUT2D eigenvalue weighted by atomic mass is 79.9. The average Bonchev–Trinajstić information content (AvgIpc) is 3.15. The molecule has 3 aromatic rings. The lowest BCUT2D eigenvalue weighted by molar-refractivity contribution is -0.384. The maximum atomic E-state index is 12.4. The number of nitro benzene ring substituents is 1. The predicted molar refractivity (Wildman–Crippen MR) is 120 cm³/mol. The van der Waals surface area contributed by atoms with E-state index in [1.165, 1.54) is 48.8 Å². The summed E-state index contributed by atoms with van der Waals surface area (Å²) in [5, 5.41) is 15.7. The molecule has 0 saturated carbocycles. The van der Waals surface area contributed by atoms with E-state index >= 15 is 0 Å². The lowest BCUT2D eigenvalue weighted by Gasteiger charge is -2.07. The van der Waals surface area contributed by atoms with Crippen LogP contribution in [0.25, 0.3) is 17.2 Å². The predicted octanol–water partition coefficient (Wildman–Crippen LogP) is 5.52. The highest BCUT2D eigenvalue weighted by Crippen LogP contribution is 2.36. The zero-order chi connectivity index (χ0) is 21.7. The van der Waals surface area contributed by atoms with E-state index < -0.39 is 16.8 Å². The van der Waals surface area contributed by atoms with Gasteiger partial charge in [-0.1, -0.05) is 40.2 Å². The van der Waals surface area contributed by atoms with Crippen LogP contribution in [-0.2, 0) is 9.53 Å². The van der Waals surface area contributed by atoms with Crippen LogP contribution >= 0.6 is 27.3 Å². The van der Waals surface area contributed by atoms with E-state index in [4.69, 9.17) is 4.74 Å². The van der Waals surface area contributed by atoms with Gasteiger partial charge in [-0.15, -0.1) is 11.3 Å². The molecule has 1 aromatic heterocycles. The zero-order valence-corrected chi connectivity index (χ0v) is 18.0. The third-order valence-corrected chi connectivity index (χ3v) is 5.50. The summed E-state index contributed by atoms with van der Waals surface area (Å²) in [5.41, 5.74) is 2.17. The molecule has 0 aliphatic carbocycles. The Morgan fingerprint density at radius 3 is 2.60 bits per heavy atom. The van der Waals surface area contributed by atoms with Gasteiger partial charge in [0, 0.05) is 33.6 Å². The number of anilines is 1. The maximum Gasteiger partial charge on any atom is 0.341 e. The molecule has 2 aromatic carbocycles. The lowest BCUT2D eigenvalue weighted by Crippen LogP contribution is -2.11. The van der Waals surface area contributed by atoms with Crippen molar-refractivity contribution >= 4 is 55.9 Å². The molecule has 0 aliphatic rings. The fraction of sp³-hybridized carbons (Fsp3) is 0.0476. The number of carbonyl (C=O) groups excluding carboxylic acids is 2. The summed E-state index contributed by atoms with van der Waals surface area (Å²) in [6.07, 6.45) is 2.71. The second-order valence-electron chi connectivity index (χ2n) is 6.03. The Morgan fingerprint density at radius 1 is 1.20 bits per heavy atom. The smallest absolute Gasteiger partial charge is 0.341 e. The molecular formula is C21H15BrN2O5S. The molecule has 0 fully saturated rings. The zero-order valence-electron chi connectivity index (χ0n) is 15.6. The number of esters is 1. The number of halogens is 1. The van der Waals surface area contributed by atoms with Crippen molar-refractivity contribution in [3.8, 4) is 11.1 Å². The molecule has 0 saturated heterocycles. The van der Waals surface area contributed by atoms with Crippen LogP contribution in [0.4, 0.5) is 10.7 Å². The molecule has 0 atom stereocenters. The Balaban J connectivity index is 1.84. The molecule has 1 heterocycles. The first-order chi connectivity index (χ1) is 14.4. The van der Waals surface area contributed by atoms with Crippen molar-refractivity contribution in [2.75, 3.05) is 12.4 Å². The monoisotopic (exact) mass is 486 g/mol. The molecule has 30 heavy (non-hydrogen) atoms. The topological polar surface area (TPSA) is 98.5 Å². The number of nitrogens with zero attached hydrogens (tertiary/aromatic N) is 1. The van der Waals surface area contributed by atoms with Gasteiger partial charge in [-0.3, -0.25) is 14.9 Å². The molecule has 152 valence electrons. The number of methoxy groups -OCH3 is 1. The molecule has 0 bridgehead atoms. The second kappa shape index (κ2) is 9.47. The molecule has 1 amide bonds. The Morgan fingerprint density at radius 2 is 1.93 bits per heavy atom. The van der Waals surface area contributed by atoms with Crippen LogP contribution in [0.5, 0.6) is 0 Å². The van der Waals surface area contributed by atoms with Crippen molar-refractivity contribution in [3.63, 3.8) is 0 Å². The fourth-order valence-corrected chi connectivity index (χ4v) is 3.89. The summed E-state index contributed by atoms with van der Waals surface area (Å²) >= 11 is 4.58. The number of carbonyl (C=O) groups is 2. The van der Waals surface area contributed by atoms with E-state index in [0.29, 0.717) is 16.1 Å². The molecule has 0 radical (unpaired) electrons. The Labute approximate surface area is 184 Å². The van der Waals surface area contributed by atoms with Gasteiger partial charge in [-0.05, 0) is 29.3 Å². The first-order valence-corrected chi connectivity index (χ1v) is 10.3. The molecular weight excluding hydrogens is 472 g/mol. The minimum Gasteiger partial charge on any atom is -0.465 e. The number of thiophene rings is 1. The fourth-order valence-electron chi connectivity index (χ4n) is 2.66. The number of rotatable bonds is 6. The van der Waals surface area contributed by atoms with Gasteiger partial charge in [-0.25, -0.2) is 4.79 Å². The normalized spacial score (nSPS) is 10.7. The largest absolute Gasteiger partial charge is 0.465 e. The quantitative estimate of drug-likeness (QED) is 0.214. The van der Waals surface area contributed by atoms with Gasteiger partial charge in [-0.2, -0.15) is 0 Å². The van der Waals surface area contributed by atoms with Crippen LogP contribution in [0.3, 0.4) is 0 Å². The van der Waals surface area contributed by atoms with Crippen molar-refractivity contribution < 1.29 is 19.2 Å². The van der Waals surface area contributed by atoms with E-state index in [2.05, 4.69) is 21.2 Å². The lowest BCUT2D eigenvalue weighted by atomic mass is 10.0. The van der Waals surface area contributed by atoms with E-state index in [1.807, 2.05) is 24.3 Å². The van der Waals surface area contributed by atoms with Gasteiger partial charge >= 0.3 is 5.97 Å². The Hall–Kier alpha value is -3.30.